The third kappa shape index (κ3) is 4.00. The zero-order valence-corrected chi connectivity index (χ0v) is 24.1. The Bertz CT molecular complexity index is 2480. The van der Waals surface area contributed by atoms with Crippen LogP contribution in [0.5, 0.6) is 0 Å². The molecule has 0 saturated heterocycles. The minimum atomic E-state index is 0.707. The Kier molecular flexibility index (Phi) is 5.61. The zero-order chi connectivity index (χ0) is 29.0. The molecule has 0 aliphatic heterocycles. The first kappa shape index (κ1) is 24.8. The van der Waals surface area contributed by atoms with Crippen molar-refractivity contribution in [3.8, 4) is 45.0 Å². The second-order valence-electron chi connectivity index (χ2n) is 10.7. The topological polar surface area (TPSA) is 64.7 Å². The van der Waals surface area contributed by atoms with Crippen LogP contribution in [0.4, 0.5) is 0 Å². The van der Waals surface area contributed by atoms with Gasteiger partial charge in [0.25, 0.3) is 0 Å². The van der Waals surface area contributed by atoms with E-state index in [1.54, 1.807) is 17.7 Å². The van der Waals surface area contributed by atoms with E-state index in [2.05, 4.69) is 94.9 Å². The summed E-state index contributed by atoms with van der Waals surface area (Å²) in [4.78, 5) is 19.2. The fraction of sp³-hybridized carbons (Fsp3) is 0. The summed E-state index contributed by atoms with van der Waals surface area (Å²) in [6.45, 7) is 0. The lowest BCUT2D eigenvalue weighted by molar-refractivity contribution is 0.667. The molecule has 0 bridgehead atoms. The Morgan fingerprint density at radius 3 is 1.89 bits per heavy atom. The number of thiophene rings is 1. The smallest absolute Gasteiger partial charge is 0.180 e. The van der Waals surface area contributed by atoms with Gasteiger partial charge in [-0.2, -0.15) is 0 Å². The van der Waals surface area contributed by atoms with Crippen LogP contribution in [0.3, 0.4) is 0 Å². The van der Waals surface area contributed by atoms with Crippen molar-refractivity contribution in [3.63, 3.8) is 0 Å². The average molecular weight is 583 g/mol. The predicted molar refractivity (Wildman–Crippen MR) is 180 cm³/mol. The Morgan fingerprint density at radius 1 is 0.477 bits per heavy atom. The molecule has 5 aromatic carbocycles. The van der Waals surface area contributed by atoms with Crippen LogP contribution >= 0.6 is 11.3 Å². The SMILES string of the molecule is c1ccc(-c2nc(-c3ccc(-c4ccc(-c5ncnc6c5oc5ccccc56)cc4)cc3)c3sc4ccccc4c3n2)cc1. The van der Waals surface area contributed by atoms with Gasteiger partial charge in [-0.1, -0.05) is 109 Å². The Labute approximate surface area is 256 Å². The van der Waals surface area contributed by atoms with Crippen LogP contribution in [0, 0.1) is 0 Å². The minimum absolute atomic E-state index is 0.707. The van der Waals surface area contributed by atoms with Gasteiger partial charge in [0.1, 0.15) is 23.1 Å². The van der Waals surface area contributed by atoms with Crippen LogP contribution in [0.15, 0.2) is 138 Å². The molecule has 9 rings (SSSR count). The number of hydrogen-bond acceptors (Lipinski definition) is 6. The summed E-state index contributed by atoms with van der Waals surface area (Å²) in [5.74, 6) is 0.736. The summed E-state index contributed by atoms with van der Waals surface area (Å²) >= 11 is 1.75. The molecule has 0 aliphatic carbocycles. The second-order valence-corrected chi connectivity index (χ2v) is 11.7. The van der Waals surface area contributed by atoms with E-state index in [0.717, 1.165) is 77.1 Å². The molecule has 206 valence electrons. The van der Waals surface area contributed by atoms with Crippen LogP contribution in [-0.2, 0) is 0 Å². The minimum Gasteiger partial charge on any atom is -0.452 e. The molecule has 5 nitrogen and oxygen atoms in total. The lowest BCUT2D eigenvalue weighted by Gasteiger charge is -2.09. The highest BCUT2D eigenvalue weighted by Crippen LogP contribution is 2.40. The van der Waals surface area contributed by atoms with Crippen molar-refractivity contribution in [2.75, 3.05) is 0 Å². The summed E-state index contributed by atoms with van der Waals surface area (Å²) in [6.07, 6.45) is 1.61. The fourth-order valence-corrected chi connectivity index (χ4v) is 7.03. The van der Waals surface area contributed by atoms with Gasteiger partial charge in [-0.05, 0) is 29.3 Å². The van der Waals surface area contributed by atoms with Crippen LogP contribution in [0.25, 0.3) is 87.4 Å². The number of hydrogen-bond donors (Lipinski definition) is 0. The lowest BCUT2D eigenvalue weighted by atomic mass is 10.00. The van der Waals surface area contributed by atoms with E-state index in [1.807, 2.05) is 42.5 Å². The van der Waals surface area contributed by atoms with E-state index >= 15 is 0 Å². The van der Waals surface area contributed by atoms with E-state index in [-0.39, 0.29) is 0 Å². The first-order valence-corrected chi connectivity index (χ1v) is 15.2. The van der Waals surface area contributed by atoms with E-state index in [0.29, 0.717) is 5.58 Å². The maximum Gasteiger partial charge on any atom is 0.180 e. The number of fused-ring (bicyclic) bond motifs is 6. The van der Waals surface area contributed by atoms with Crippen LogP contribution in [0.1, 0.15) is 0 Å². The summed E-state index contributed by atoms with van der Waals surface area (Å²) < 4.78 is 8.47. The monoisotopic (exact) mass is 582 g/mol. The molecule has 4 heterocycles. The maximum absolute atomic E-state index is 6.16. The highest BCUT2D eigenvalue weighted by atomic mass is 32.1. The summed E-state index contributed by atoms with van der Waals surface area (Å²) in [6, 6.07) is 43.7. The van der Waals surface area contributed by atoms with Gasteiger partial charge in [-0.15, -0.1) is 11.3 Å². The standard InChI is InChI=1S/C38H22N4OS/c1-2-8-27(9-3-1)38-41-33(37-35(42-38)29-11-5-7-13-31(29)44-37)26-20-16-24(17-21-26)23-14-18-25(19-15-23)32-36-34(40-22-39-32)28-10-4-6-12-30(28)43-36/h1-22H. The number of nitrogens with zero attached hydrogens (tertiary/aromatic N) is 4. The van der Waals surface area contributed by atoms with Crippen molar-refractivity contribution in [1.82, 2.24) is 19.9 Å². The Balaban J connectivity index is 1.10. The molecule has 0 amide bonds. The molecule has 0 spiro atoms. The second kappa shape index (κ2) is 9.93. The van der Waals surface area contributed by atoms with Crippen molar-refractivity contribution >= 4 is 53.7 Å². The first-order valence-electron chi connectivity index (χ1n) is 14.4. The molecular weight excluding hydrogens is 561 g/mol. The molecule has 0 unspecified atom stereocenters. The van der Waals surface area contributed by atoms with Gasteiger partial charge in [-0.3, -0.25) is 0 Å². The number of furan rings is 1. The van der Waals surface area contributed by atoms with E-state index in [9.17, 15) is 0 Å². The lowest BCUT2D eigenvalue weighted by Crippen LogP contribution is -1.93. The average Bonchev–Trinajstić information content (AvgIpc) is 3.67. The molecule has 0 radical (unpaired) electrons. The van der Waals surface area contributed by atoms with Gasteiger partial charge >= 0.3 is 0 Å². The molecule has 0 fully saturated rings. The molecule has 4 aromatic heterocycles. The van der Waals surface area contributed by atoms with Crippen molar-refractivity contribution in [1.29, 1.82) is 0 Å². The van der Waals surface area contributed by atoms with Gasteiger partial charge in [0.2, 0.25) is 0 Å². The third-order valence-electron chi connectivity index (χ3n) is 8.06. The van der Waals surface area contributed by atoms with E-state index < -0.39 is 0 Å². The van der Waals surface area contributed by atoms with Crippen molar-refractivity contribution in [3.05, 3.63) is 134 Å². The molecular formula is C38H22N4OS. The summed E-state index contributed by atoms with van der Waals surface area (Å²) in [7, 11) is 0. The van der Waals surface area contributed by atoms with Crippen molar-refractivity contribution in [2.24, 2.45) is 0 Å². The normalized spacial score (nSPS) is 11.6. The van der Waals surface area contributed by atoms with Crippen molar-refractivity contribution < 1.29 is 4.42 Å². The number of benzene rings is 5. The molecule has 0 aliphatic rings. The Hall–Kier alpha value is -5.72. The molecule has 0 atom stereocenters. The summed E-state index contributed by atoms with van der Waals surface area (Å²) in [5.41, 5.74) is 10.4. The van der Waals surface area contributed by atoms with Gasteiger partial charge in [-0.25, -0.2) is 19.9 Å². The highest BCUT2D eigenvalue weighted by molar-refractivity contribution is 7.26. The molecule has 0 saturated carbocycles. The van der Waals surface area contributed by atoms with Gasteiger partial charge < -0.3 is 4.42 Å². The quantitative estimate of drug-likeness (QED) is 0.207. The highest BCUT2D eigenvalue weighted by Gasteiger charge is 2.17. The molecule has 0 N–H and O–H groups in total. The fourth-order valence-electron chi connectivity index (χ4n) is 5.87. The van der Waals surface area contributed by atoms with E-state index in [1.165, 1.54) is 4.70 Å². The van der Waals surface area contributed by atoms with Crippen LogP contribution < -0.4 is 0 Å². The molecule has 6 heteroatoms. The zero-order valence-electron chi connectivity index (χ0n) is 23.3. The Morgan fingerprint density at radius 2 is 1.11 bits per heavy atom. The van der Waals surface area contributed by atoms with Gasteiger partial charge in [0.15, 0.2) is 11.4 Å². The van der Waals surface area contributed by atoms with Gasteiger partial charge in [0, 0.05) is 32.2 Å². The first-order chi connectivity index (χ1) is 21.8. The van der Waals surface area contributed by atoms with Crippen LogP contribution in [-0.4, -0.2) is 19.9 Å². The molecule has 9 aromatic rings. The summed E-state index contributed by atoms with van der Waals surface area (Å²) in [5, 5.41) is 2.16. The van der Waals surface area contributed by atoms with Crippen molar-refractivity contribution in [2.45, 2.75) is 0 Å². The predicted octanol–water partition coefficient (Wildman–Crippen LogP) is 10.2. The number of aromatic nitrogens is 4. The van der Waals surface area contributed by atoms with Gasteiger partial charge in [0.05, 0.1) is 15.9 Å². The third-order valence-corrected chi connectivity index (χ3v) is 9.23. The largest absolute Gasteiger partial charge is 0.452 e. The maximum atomic E-state index is 6.16. The number of rotatable bonds is 4. The molecule has 44 heavy (non-hydrogen) atoms. The van der Waals surface area contributed by atoms with E-state index in [4.69, 9.17) is 14.4 Å². The number of para-hydroxylation sites is 1. The van der Waals surface area contributed by atoms with Crippen LogP contribution in [0.2, 0.25) is 0 Å².